The maximum Gasteiger partial charge on any atom is 0.288 e. The summed E-state index contributed by atoms with van der Waals surface area (Å²) in [4.78, 5) is 14.6. The van der Waals surface area contributed by atoms with Gasteiger partial charge in [-0.2, -0.15) is 0 Å². The van der Waals surface area contributed by atoms with E-state index < -0.39 is 0 Å². The third-order valence-electron chi connectivity index (χ3n) is 5.56. The van der Waals surface area contributed by atoms with Gasteiger partial charge in [-0.1, -0.05) is 24.3 Å². The normalized spacial score (nSPS) is 25.7. The first kappa shape index (κ1) is 17.6. The lowest BCUT2D eigenvalue weighted by molar-refractivity contribution is -0.158. The van der Waals surface area contributed by atoms with Crippen LogP contribution in [0.2, 0.25) is 0 Å². The standard InChI is InChI=1S/C21H27NO4/c23-13-15-3-5-16(6-4-15)14-25-20-12-18(17-7-8-17)11-19(26-20)21(24)22-9-1-2-10-22/h3-6,11,17-18,20,23H,1-2,7-10,12-14H2/t18-,20+/m1/s1. The highest BCUT2D eigenvalue weighted by Crippen LogP contribution is 2.43. The van der Waals surface area contributed by atoms with Crippen molar-refractivity contribution >= 4 is 5.91 Å². The molecule has 1 aliphatic carbocycles. The molecule has 1 saturated heterocycles. The van der Waals surface area contributed by atoms with Crippen LogP contribution in [0.5, 0.6) is 0 Å². The Morgan fingerprint density at radius 3 is 2.50 bits per heavy atom. The molecule has 1 aromatic carbocycles. The van der Waals surface area contributed by atoms with Crippen molar-refractivity contribution in [2.24, 2.45) is 11.8 Å². The van der Waals surface area contributed by atoms with Crippen LogP contribution < -0.4 is 0 Å². The van der Waals surface area contributed by atoms with Gasteiger partial charge in [0, 0.05) is 19.5 Å². The average Bonchev–Trinajstić information content (AvgIpc) is 3.40. The molecule has 2 aliphatic heterocycles. The van der Waals surface area contributed by atoms with Crippen molar-refractivity contribution in [1.29, 1.82) is 0 Å². The first-order valence-electron chi connectivity index (χ1n) is 9.71. The maximum absolute atomic E-state index is 12.7. The van der Waals surface area contributed by atoms with Crippen molar-refractivity contribution in [2.45, 2.75) is 51.6 Å². The SMILES string of the molecule is O=C(C1=C[C@@H](C2CC2)C[C@@H](OCc2ccc(CO)cc2)O1)N1CCCC1. The fourth-order valence-corrected chi connectivity index (χ4v) is 3.80. The Kier molecular flexibility index (Phi) is 5.27. The van der Waals surface area contributed by atoms with Crippen LogP contribution in [0.3, 0.4) is 0 Å². The number of aliphatic hydroxyl groups is 1. The quantitative estimate of drug-likeness (QED) is 0.850. The molecular formula is C21H27NO4. The first-order valence-corrected chi connectivity index (χ1v) is 9.71. The molecule has 0 radical (unpaired) electrons. The molecule has 1 saturated carbocycles. The van der Waals surface area contributed by atoms with Gasteiger partial charge in [-0.3, -0.25) is 4.79 Å². The summed E-state index contributed by atoms with van der Waals surface area (Å²) in [7, 11) is 0. The van der Waals surface area contributed by atoms with Gasteiger partial charge in [0.05, 0.1) is 13.2 Å². The zero-order valence-electron chi connectivity index (χ0n) is 15.1. The second kappa shape index (κ2) is 7.80. The van der Waals surface area contributed by atoms with Crippen molar-refractivity contribution in [3.8, 4) is 0 Å². The number of carbonyl (C=O) groups excluding carboxylic acids is 1. The minimum atomic E-state index is -0.371. The second-order valence-corrected chi connectivity index (χ2v) is 7.60. The van der Waals surface area contributed by atoms with E-state index in [9.17, 15) is 4.79 Å². The van der Waals surface area contributed by atoms with Gasteiger partial charge in [0.25, 0.3) is 5.91 Å². The van der Waals surface area contributed by atoms with Crippen molar-refractivity contribution < 1.29 is 19.4 Å². The predicted molar refractivity (Wildman–Crippen MR) is 96.8 cm³/mol. The number of likely N-dealkylation sites (tertiary alicyclic amines) is 1. The molecule has 5 heteroatoms. The van der Waals surface area contributed by atoms with Crippen LogP contribution in [0.1, 0.15) is 43.2 Å². The van der Waals surface area contributed by atoms with Crippen LogP contribution in [0.25, 0.3) is 0 Å². The third-order valence-corrected chi connectivity index (χ3v) is 5.56. The van der Waals surface area contributed by atoms with E-state index in [0.717, 1.165) is 43.5 Å². The fourth-order valence-electron chi connectivity index (χ4n) is 3.80. The van der Waals surface area contributed by atoms with Gasteiger partial charge in [-0.25, -0.2) is 0 Å². The maximum atomic E-state index is 12.7. The van der Waals surface area contributed by atoms with Crippen LogP contribution in [0.4, 0.5) is 0 Å². The number of amides is 1. The molecule has 1 amide bonds. The van der Waals surface area contributed by atoms with Crippen LogP contribution >= 0.6 is 0 Å². The minimum absolute atomic E-state index is 0.0220. The van der Waals surface area contributed by atoms with Crippen molar-refractivity contribution in [1.82, 2.24) is 4.90 Å². The van der Waals surface area contributed by atoms with E-state index in [1.165, 1.54) is 12.8 Å². The smallest absolute Gasteiger partial charge is 0.288 e. The van der Waals surface area contributed by atoms with Gasteiger partial charge in [-0.15, -0.1) is 0 Å². The third kappa shape index (κ3) is 4.10. The van der Waals surface area contributed by atoms with Gasteiger partial charge >= 0.3 is 0 Å². The van der Waals surface area contributed by atoms with E-state index in [1.807, 2.05) is 35.2 Å². The summed E-state index contributed by atoms with van der Waals surface area (Å²) in [6.45, 7) is 2.15. The van der Waals surface area contributed by atoms with Crippen LogP contribution in [-0.4, -0.2) is 35.3 Å². The molecule has 1 N–H and O–H groups in total. The van der Waals surface area contributed by atoms with Crippen molar-refractivity contribution in [3.05, 3.63) is 47.2 Å². The van der Waals surface area contributed by atoms with Gasteiger partial charge < -0.3 is 19.5 Å². The highest BCUT2D eigenvalue weighted by molar-refractivity contribution is 5.91. The molecule has 1 aromatic rings. The van der Waals surface area contributed by atoms with Gasteiger partial charge in [0.15, 0.2) is 5.76 Å². The number of nitrogens with zero attached hydrogens (tertiary/aromatic N) is 1. The Hall–Kier alpha value is -1.85. The number of benzene rings is 1. The summed E-state index contributed by atoms with van der Waals surface area (Å²) in [5, 5.41) is 9.13. The molecule has 3 aliphatic rings. The lowest BCUT2D eigenvalue weighted by Gasteiger charge is -2.30. The lowest BCUT2D eigenvalue weighted by atomic mass is 9.96. The second-order valence-electron chi connectivity index (χ2n) is 7.60. The van der Waals surface area contributed by atoms with E-state index in [1.54, 1.807) is 0 Å². The Bertz CT molecular complexity index is 659. The van der Waals surface area contributed by atoms with Gasteiger partial charge in [0.1, 0.15) is 0 Å². The van der Waals surface area contributed by atoms with E-state index in [-0.39, 0.29) is 18.8 Å². The summed E-state index contributed by atoms with van der Waals surface area (Å²) in [5.41, 5.74) is 1.92. The number of carbonyl (C=O) groups is 1. The molecule has 140 valence electrons. The average molecular weight is 357 g/mol. The Labute approximate surface area is 154 Å². The molecule has 2 fully saturated rings. The molecule has 0 unspecified atom stereocenters. The zero-order chi connectivity index (χ0) is 17.9. The molecule has 0 aromatic heterocycles. The van der Waals surface area contributed by atoms with Gasteiger partial charge in [0.2, 0.25) is 6.29 Å². The number of rotatable bonds is 6. The van der Waals surface area contributed by atoms with E-state index in [0.29, 0.717) is 24.2 Å². The zero-order valence-corrected chi connectivity index (χ0v) is 15.1. The minimum Gasteiger partial charge on any atom is -0.459 e. The topological polar surface area (TPSA) is 59.0 Å². The molecular weight excluding hydrogens is 330 g/mol. The summed E-state index contributed by atoms with van der Waals surface area (Å²) in [5.74, 6) is 1.56. The fraction of sp³-hybridized carbons (Fsp3) is 0.571. The Morgan fingerprint density at radius 1 is 1.15 bits per heavy atom. The van der Waals surface area contributed by atoms with E-state index in [2.05, 4.69) is 0 Å². The molecule has 5 nitrogen and oxygen atoms in total. The van der Waals surface area contributed by atoms with Crippen LogP contribution in [-0.2, 0) is 27.5 Å². The summed E-state index contributed by atoms with van der Waals surface area (Å²) in [6.07, 6.45) is 7.13. The van der Waals surface area contributed by atoms with Crippen molar-refractivity contribution in [3.63, 3.8) is 0 Å². The highest BCUT2D eigenvalue weighted by Gasteiger charge is 2.38. The number of ether oxygens (including phenoxy) is 2. The molecule has 4 rings (SSSR count). The summed E-state index contributed by atoms with van der Waals surface area (Å²) < 4.78 is 11.9. The van der Waals surface area contributed by atoms with Gasteiger partial charge in [-0.05, 0) is 54.7 Å². The number of hydrogen-bond donors (Lipinski definition) is 1. The van der Waals surface area contributed by atoms with Crippen molar-refractivity contribution in [2.75, 3.05) is 13.1 Å². The predicted octanol–water partition coefficient (Wildman–Crippen LogP) is 2.97. The summed E-state index contributed by atoms with van der Waals surface area (Å²) >= 11 is 0. The molecule has 2 atom stereocenters. The highest BCUT2D eigenvalue weighted by atomic mass is 16.7. The molecule has 0 bridgehead atoms. The van der Waals surface area contributed by atoms with Crippen LogP contribution in [0.15, 0.2) is 36.1 Å². The molecule has 2 heterocycles. The summed E-state index contributed by atoms with van der Waals surface area (Å²) in [6, 6.07) is 7.71. The Balaban J connectivity index is 1.39. The van der Waals surface area contributed by atoms with Crippen LogP contribution in [0, 0.1) is 11.8 Å². The number of allylic oxidation sites excluding steroid dienone is 1. The first-order chi connectivity index (χ1) is 12.7. The molecule has 0 spiro atoms. The monoisotopic (exact) mass is 357 g/mol. The van der Waals surface area contributed by atoms with E-state index in [4.69, 9.17) is 14.6 Å². The lowest BCUT2D eigenvalue weighted by Crippen LogP contribution is -2.35. The van der Waals surface area contributed by atoms with E-state index >= 15 is 0 Å². The Morgan fingerprint density at radius 2 is 1.85 bits per heavy atom. The molecule has 26 heavy (non-hydrogen) atoms. The number of hydrogen-bond acceptors (Lipinski definition) is 4. The number of aliphatic hydroxyl groups excluding tert-OH is 1. The largest absolute Gasteiger partial charge is 0.459 e.